The van der Waals surface area contributed by atoms with Gasteiger partial charge in [-0.3, -0.25) is 9.59 Å². The van der Waals surface area contributed by atoms with E-state index in [-0.39, 0.29) is 24.7 Å². The molecule has 0 aromatic heterocycles. The summed E-state index contributed by atoms with van der Waals surface area (Å²) in [6.07, 6.45) is 1.06. The minimum atomic E-state index is -0.120. The number of nitrogens with zero attached hydrogens (tertiary/aromatic N) is 3. The van der Waals surface area contributed by atoms with Crippen LogP contribution in [0.3, 0.4) is 0 Å². The molecule has 140 valence electrons. The molecule has 0 saturated carbocycles. The lowest BCUT2D eigenvalue weighted by Gasteiger charge is -2.18. The Morgan fingerprint density at radius 3 is 2.63 bits per heavy atom. The fourth-order valence-electron chi connectivity index (χ4n) is 3.00. The van der Waals surface area contributed by atoms with E-state index < -0.39 is 0 Å². The summed E-state index contributed by atoms with van der Waals surface area (Å²) in [7, 11) is 1.73. The maximum Gasteiger partial charge on any atom is 0.243 e. The number of hydrogen-bond donors (Lipinski definition) is 0. The summed E-state index contributed by atoms with van der Waals surface area (Å²) >= 11 is 5.97. The van der Waals surface area contributed by atoms with Crippen molar-refractivity contribution in [3.63, 3.8) is 0 Å². The summed E-state index contributed by atoms with van der Waals surface area (Å²) in [5.41, 5.74) is 2.90. The molecule has 27 heavy (non-hydrogen) atoms. The lowest BCUT2D eigenvalue weighted by Crippen LogP contribution is -2.29. The van der Waals surface area contributed by atoms with Crippen molar-refractivity contribution in [2.75, 3.05) is 13.6 Å². The van der Waals surface area contributed by atoms with E-state index in [4.69, 9.17) is 11.6 Å². The van der Waals surface area contributed by atoms with Crippen LogP contribution in [0.5, 0.6) is 0 Å². The van der Waals surface area contributed by atoms with Crippen LogP contribution in [0, 0.1) is 0 Å². The molecule has 0 radical (unpaired) electrons. The first-order chi connectivity index (χ1) is 13.0. The highest BCUT2D eigenvalue weighted by Crippen LogP contribution is 2.16. The third kappa shape index (κ3) is 5.17. The van der Waals surface area contributed by atoms with Gasteiger partial charge in [0.15, 0.2) is 0 Å². The number of carbonyl (C=O) groups is 2. The number of halogens is 1. The third-order valence-corrected chi connectivity index (χ3v) is 4.72. The van der Waals surface area contributed by atoms with Crippen molar-refractivity contribution in [3.8, 4) is 0 Å². The summed E-state index contributed by atoms with van der Waals surface area (Å²) < 4.78 is 0. The average Bonchev–Trinajstić information content (AvgIpc) is 3.17. The minimum absolute atomic E-state index is 0.0743. The van der Waals surface area contributed by atoms with Crippen LogP contribution >= 0.6 is 11.6 Å². The van der Waals surface area contributed by atoms with Gasteiger partial charge in [0.05, 0.1) is 12.3 Å². The molecule has 0 aliphatic carbocycles. The molecule has 5 nitrogen and oxygen atoms in total. The molecule has 6 heteroatoms. The standard InChI is InChI=1S/C21H22ClN3O2/c1-24(15-16-6-5-9-18(22)14-16)20(26)10-11-21(27)25-13-12-19(23-25)17-7-3-2-4-8-17/h2-9,14H,10-13,15H2,1H3. The van der Waals surface area contributed by atoms with E-state index in [2.05, 4.69) is 5.10 Å². The first-order valence-electron chi connectivity index (χ1n) is 8.94. The highest BCUT2D eigenvalue weighted by molar-refractivity contribution is 6.30. The molecule has 2 amide bonds. The molecule has 2 aromatic rings. The van der Waals surface area contributed by atoms with Gasteiger partial charge < -0.3 is 4.90 Å². The van der Waals surface area contributed by atoms with Gasteiger partial charge in [-0.2, -0.15) is 5.10 Å². The molecule has 0 atom stereocenters. The quantitative estimate of drug-likeness (QED) is 0.763. The van der Waals surface area contributed by atoms with Crippen LogP contribution in [-0.4, -0.2) is 41.0 Å². The van der Waals surface area contributed by atoms with Crippen LogP contribution in [0.25, 0.3) is 0 Å². The van der Waals surface area contributed by atoms with Crippen molar-refractivity contribution in [1.82, 2.24) is 9.91 Å². The Hall–Kier alpha value is -2.66. The Balaban J connectivity index is 1.50. The molecule has 0 spiro atoms. The maximum atomic E-state index is 12.4. The molecule has 0 N–H and O–H groups in total. The van der Waals surface area contributed by atoms with Crippen molar-refractivity contribution >= 4 is 29.1 Å². The zero-order valence-corrected chi connectivity index (χ0v) is 16.0. The van der Waals surface area contributed by atoms with E-state index in [9.17, 15) is 9.59 Å². The molecule has 1 heterocycles. The molecule has 3 rings (SSSR count). The SMILES string of the molecule is CN(Cc1cccc(Cl)c1)C(=O)CCC(=O)N1CCC(c2ccccc2)=N1. The number of amides is 2. The summed E-state index contributed by atoms with van der Waals surface area (Å²) in [5, 5.41) is 6.54. The highest BCUT2D eigenvalue weighted by atomic mass is 35.5. The van der Waals surface area contributed by atoms with Crippen LogP contribution in [0.15, 0.2) is 59.7 Å². The van der Waals surface area contributed by atoms with E-state index >= 15 is 0 Å². The van der Waals surface area contributed by atoms with Crippen LogP contribution in [-0.2, 0) is 16.1 Å². The van der Waals surface area contributed by atoms with Gasteiger partial charge in [-0.15, -0.1) is 0 Å². The molecular weight excluding hydrogens is 362 g/mol. The molecule has 1 aliphatic rings. The monoisotopic (exact) mass is 383 g/mol. The zero-order chi connectivity index (χ0) is 19.2. The maximum absolute atomic E-state index is 12.4. The van der Waals surface area contributed by atoms with Gasteiger partial charge in [-0.05, 0) is 23.3 Å². The van der Waals surface area contributed by atoms with Gasteiger partial charge in [0.25, 0.3) is 0 Å². The van der Waals surface area contributed by atoms with E-state index in [1.807, 2.05) is 48.5 Å². The molecule has 0 bridgehead atoms. The van der Waals surface area contributed by atoms with Crippen molar-refractivity contribution in [2.45, 2.75) is 25.8 Å². The number of benzene rings is 2. The Kier molecular flexibility index (Phi) is 6.24. The van der Waals surface area contributed by atoms with Crippen LogP contribution in [0.2, 0.25) is 5.02 Å². The van der Waals surface area contributed by atoms with Gasteiger partial charge in [-0.1, -0.05) is 54.1 Å². The Morgan fingerprint density at radius 2 is 1.89 bits per heavy atom. The van der Waals surface area contributed by atoms with Crippen molar-refractivity contribution in [1.29, 1.82) is 0 Å². The minimum Gasteiger partial charge on any atom is -0.341 e. The van der Waals surface area contributed by atoms with Gasteiger partial charge in [0.1, 0.15) is 0 Å². The van der Waals surface area contributed by atoms with E-state index in [0.29, 0.717) is 18.1 Å². The lowest BCUT2D eigenvalue weighted by atomic mass is 10.1. The van der Waals surface area contributed by atoms with Gasteiger partial charge >= 0.3 is 0 Å². The van der Waals surface area contributed by atoms with E-state index in [1.54, 1.807) is 18.0 Å². The predicted octanol–water partition coefficient (Wildman–Crippen LogP) is 3.72. The number of hydrazone groups is 1. The predicted molar refractivity (Wildman–Crippen MR) is 106 cm³/mol. The topological polar surface area (TPSA) is 53.0 Å². The van der Waals surface area contributed by atoms with Crippen LogP contribution in [0.1, 0.15) is 30.4 Å². The summed E-state index contributed by atoms with van der Waals surface area (Å²) in [6.45, 7) is 1.03. The highest BCUT2D eigenvalue weighted by Gasteiger charge is 2.22. The zero-order valence-electron chi connectivity index (χ0n) is 15.3. The fourth-order valence-corrected chi connectivity index (χ4v) is 3.21. The first kappa shape index (κ1) is 19.1. The number of hydrogen-bond acceptors (Lipinski definition) is 3. The summed E-state index contributed by atoms with van der Waals surface area (Å²) in [5.74, 6) is -0.194. The number of carbonyl (C=O) groups excluding carboxylic acids is 2. The lowest BCUT2D eigenvalue weighted by molar-refractivity contribution is -0.136. The van der Waals surface area contributed by atoms with E-state index in [1.165, 1.54) is 5.01 Å². The number of rotatable bonds is 6. The molecule has 1 aliphatic heterocycles. The molecule has 0 fully saturated rings. The smallest absolute Gasteiger partial charge is 0.243 e. The summed E-state index contributed by atoms with van der Waals surface area (Å²) in [6, 6.07) is 17.2. The van der Waals surface area contributed by atoms with Gasteiger partial charge in [0.2, 0.25) is 11.8 Å². The second kappa shape index (κ2) is 8.82. The summed E-state index contributed by atoms with van der Waals surface area (Å²) in [4.78, 5) is 26.3. The van der Waals surface area contributed by atoms with Crippen molar-refractivity contribution in [3.05, 3.63) is 70.7 Å². The van der Waals surface area contributed by atoms with E-state index in [0.717, 1.165) is 23.3 Å². The first-order valence-corrected chi connectivity index (χ1v) is 9.32. The third-order valence-electron chi connectivity index (χ3n) is 4.48. The van der Waals surface area contributed by atoms with Gasteiger partial charge in [0, 0.05) is 37.9 Å². The fraction of sp³-hybridized carbons (Fsp3) is 0.286. The van der Waals surface area contributed by atoms with Crippen LogP contribution in [0.4, 0.5) is 0 Å². The van der Waals surface area contributed by atoms with Crippen LogP contribution < -0.4 is 0 Å². The molecular formula is C21H22ClN3O2. The second-order valence-electron chi connectivity index (χ2n) is 6.56. The molecule has 0 saturated heterocycles. The van der Waals surface area contributed by atoms with Crippen molar-refractivity contribution < 1.29 is 9.59 Å². The van der Waals surface area contributed by atoms with Gasteiger partial charge in [-0.25, -0.2) is 5.01 Å². The Morgan fingerprint density at radius 1 is 1.11 bits per heavy atom. The Labute approximate surface area is 164 Å². The second-order valence-corrected chi connectivity index (χ2v) is 7.00. The normalized spacial score (nSPS) is 13.4. The largest absolute Gasteiger partial charge is 0.341 e. The molecule has 2 aromatic carbocycles. The van der Waals surface area contributed by atoms with Crippen molar-refractivity contribution in [2.24, 2.45) is 5.10 Å². The Bertz CT molecular complexity index is 852. The average molecular weight is 384 g/mol. The molecule has 0 unspecified atom stereocenters.